The predicted octanol–water partition coefficient (Wildman–Crippen LogP) is 2.86. The van der Waals surface area contributed by atoms with Crippen molar-refractivity contribution in [2.24, 2.45) is 5.41 Å². The van der Waals surface area contributed by atoms with Crippen LogP contribution in [-0.4, -0.2) is 30.4 Å². The van der Waals surface area contributed by atoms with Crippen LogP contribution >= 0.6 is 0 Å². The Bertz CT molecular complexity index is 516. The summed E-state index contributed by atoms with van der Waals surface area (Å²) in [6, 6.07) is 4.18. The van der Waals surface area contributed by atoms with E-state index in [1.54, 1.807) is 0 Å². The van der Waals surface area contributed by atoms with Gasteiger partial charge in [0.25, 0.3) is 0 Å². The predicted molar refractivity (Wildman–Crippen MR) is 83.5 cm³/mol. The van der Waals surface area contributed by atoms with Crippen molar-refractivity contribution in [3.8, 4) is 0 Å². The number of carbonyl (C=O) groups excluding carboxylic acids is 1. The lowest BCUT2D eigenvalue weighted by Crippen LogP contribution is -2.34. The molecule has 0 bridgehead atoms. The van der Waals surface area contributed by atoms with Gasteiger partial charge in [-0.1, -0.05) is 13.8 Å². The summed E-state index contributed by atoms with van der Waals surface area (Å²) in [5, 5.41) is 2.60. The highest BCUT2D eigenvalue weighted by atomic mass is 19.1. The van der Waals surface area contributed by atoms with Crippen molar-refractivity contribution in [1.82, 2.24) is 4.90 Å². The molecule has 5 heteroatoms. The van der Waals surface area contributed by atoms with Crippen molar-refractivity contribution in [3.63, 3.8) is 0 Å². The molecule has 1 aromatic carbocycles. The van der Waals surface area contributed by atoms with Crippen molar-refractivity contribution < 1.29 is 9.18 Å². The smallest absolute Gasteiger partial charge is 0.238 e. The van der Waals surface area contributed by atoms with Gasteiger partial charge in [0.2, 0.25) is 5.91 Å². The van der Waals surface area contributed by atoms with E-state index in [0.717, 1.165) is 25.9 Å². The van der Waals surface area contributed by atoms with Crippen molar-refractivity contribution in [2.45, 2.75) is 33.1 Å². The van der Waals surface area contributed by atoms with Gasteiger partial charge in [-0.2, -0.15) is 0 Å². The van der Waals surface area contributed by atoms with Crippen molar-refractivity contribution in [3.05, 3.63) is 24.0 Å². The number of benzene rings is 1. The molecule has 116 valence electrons. The van der Waals surface area contributed by atoms with E-state index >= 15 is 0 Å². The fourth-order valence-corrected chi connectivity index (χ4v) is 2.67. The van der Waals surface area contributed by atoms with Crippen LogP contribution in [0.4, 0.5) is 15.8 Å². The highest BCUT2D eigenvalue weighted by molar-refractivity contribution is 5.92. The first-order valence-electron chi connectivity index (χ1n) is 7.43. The molecule has 4 nitrogen and oxygen atoms in total. The molecule has 1 aromatic rings. The number of hydrogen-bond acceptors (Lipinski definition) is 3. The number of carbonyl (C=O) groups is 1. The molecule has 0 radical (unpaired) electrons. The van der Waals surface area contributed by atoms with Crippen LogP contribution in [0.2, 0.25) is 0 Å². The average Bonchev–Trinajstić information content (AvgIpc) is 2.55. The van der Waals surface area contributed by atoms with E-state index in [1.165, 1.54) is 24.6 Å². The maximum absolute atomic E-state index is 13.6. The molecule has 0 atom stereocenters. The zero-order valence-electron chi connectivity index (χ0n) is 12.8. The standard InChI is InChI=1S/C16H24FN3O/c1-16(2)6-3-8-20(9-7-16)11-15(21)19-14-10-12(18)4-5-13(14)17/h4-5,10H,3,6-9,11,18H2,1-2H3,(H,19,21). The highest BCUT2D eigenvalue weighted by Gasteiger charge is 2.24. The third kappa shape index (κ3) is 4.70. The molecular weight excluding hydrogens is 269 g/mol. The van der Waals surface area contributed by atoms with E-state index in [1.807, 2.05) is 0 Å². The van der Waals surface area contributed by atoms with Gasteiger partial charge in [-0.15, -0.1) is 0 Å². The number of rotatable bonds is 3. The molecule has 1 heterocycles. The number of nitrogens with two attached hydrogens (primary N) is 1. The summed E-state index contributed by atoms with van der Waals surface area (Å²) in [4.78, 5) is 14.2. The summed E-state index contributed by atoms with van der Waals surface area (Å²) >= 11 is 0. The molecule has 0 aromatic heterocycles. The van der Waals surface area contributed by atoms with Crippen LogP contribution in [0.3, 0.4) is 0 Å². The molecule has 3 N–H and O–H groups in total. The lowest BCUT2D eigenvalue weighted by atomic mass is 9.85. The number of likely N-dealkylation sites (tertiary alicyclic amines) is 1. The van der Waals surface area contributed by atoms with Crippen molar-refractivity contribution in [1.29, 1.82) is 0 Å². The Morgan fingerprint density at radius 3 is 2.90 bits per heavy atom. The lowest BCUT2D eigenvalue weighted by Gasteiger charge is -2.23. The number of amides is 1. The Balaban J connectivity index is 1.91. The molecular formula is C16H24FN3O. The van der Waals surface area contributed by atoms with Crippen LogP contribution in [0, 0.1) is 11.2 Å². The minimum Gasteiger partial charge on any atom is -0.399 e. The molecule has 21 heavy (non-hydrogen) atoms. The first-order valence-corrected chi connectivity index (χ1v) is 7.43. The van der Waals surface area contributed by atoms with Crippen molar-refractivity contribution in [2.75, 3.05) is 30.7 Å². The molecule has 1 aliphatic heterocycles. The second kappa shape index (κ2) is 6.43. The van der Waals surface area contributed by atoms with Gasteiger partial charge < -0.3 is 11.1 Å². The normalized spacial score (nSPS) is 19.0. The number of nitrogens with one attached hydrogen (secondary N) is 1. The summed E-state index contributed by atoms with van der Waals surface area (Å²) in [5.74, 6) is -0.659. The van der Waals surface area contributed by atoms with E-state index in [2.05, 4.69) is 24.1 Å². The second-order valence-electron chi connectivity index (χ2n) is 6.58. The summed E-state index contributed by atoms with van der Waals surface area (Å²) in [6.07, 6.45) is 3.34. The summed E-state index contributed by atoms with van der Waals surface area (Å²) in [6.45, 7) is 6.64. The van der Waals surface area contributed by atoms with E-state index in [-0.39, 0.29) is 11.6 Å². The maximum atomic E-state index is 13.6. The van der Waals surface area contributed by atoms with Gasteiger partial charge in [0, 0.05) is 5.69 Å². The highest BCUT2D eigenvalue weighted by Crippen LogP contribution is 2.29. The van der Waals surface area contributed by atoms with Gasteiger partial charge in [-0.25, -0.2) is 4.39 Å². The molecule has 2 rings (SSSR count). The summed E-state index contributed by atoms with van der Waals surface area (Å²) < 4.78 is 13.6. The number of nitrogens with zero attached hydrogens (tertiary/aromatic N) is 1. The van der Waals surface area contributed by atoms with Crippen molar-refractivity contribution >= 4 is 17.3 Å². The minimum atomic E-state index is -0.463. The van der Waals surface area contributed by atoms with E-state index in [4.69, 9.17) is 5.73 Å². The fourth-order valence-electron chi connectivity index (χ4n) is 2.67. The molecule has 1 fully saturated rings. The molecule has 0 aliphatic carbocycles. The summed E-state index contributed by atoms with van der Waals surface area (Å²) in [7, 11) is 0. The Morgan fingerprint density at radius 1 is 1.38 bits per heavy atom. The van der Waals surface area contributed by atoms with Gasteiger partial charge in [0.1, 0.15) is 5.82 Å². The molecule has 0 saturated carbocycles. The van der Waals surface area contributed by atoms with Gasteiger partial charge in [-0.3, -0.25) is 9.69 Å². The Hall–Kier alpha value is -1.62. The van der Waals surface area contributed by atoms with Gasteiger partial charge in [-0.05, 0) is 56.0 Å². The number of halogens is 1. The Labute approximate surface area is 125 Å². The number of hydrogen-bond donors (Lipinski definition) is 2. The van der Waals surface area contributed by atoms with Crippen LogP contribution in [0.5, 0.6) is 0 Å². The van der Waals surface area contributed by atoms with Gasteiger partial charge in [0.15, 0.2) is 0 Å². The molecule has 0 spiro atoms. The second-order valence-corrected chi connectivity index (χ2v) is 6.58. The lowest BCUT2D eigenvalue weighted by molar-refractivity contribution is -0.117. The topological polar surface area (TPSA) is 58.4 Å². The van der Waals surface area contributed by atoms with Gasteiger partial charge >= 0.3 is 0 Å². The first-order chi connectivity index (χ1) is 9.85. The van der Waals surface area contributed by atoms with Gasteiger partial charge in [0.05, 0.1) is 12.2 Å². The van der Waals surface area contributed by atoms with Crippen LogP contribution in [0.15, 0.2) is 18.2 Å². The number of anilines is 2. The first kappa shape index (κ1) is 15.8. The fraction of sp³-hybridized carbons (Fsp3) is 0.562. The maximum Gasteiger partial charge on any atom is 0.238 e. The van der Waals surface area contributed by atoms with E-state index < -0.39 is 5.82 Å². The quantitative estimate of drug-likeness (QED) is 0.843. The molecule has 1 amide bonds. The minimum absolute atomic E-state index is 0.148. The SMILES string of the molecule is CC1(C)CCCN(CC(=O)Nc2cc(N)ccc2F)CC1. The third-order valence-corrected chi connectivity index (χ3v) is 4.06. The van der Waals surface area contributed by atoms with Crippen LogP contribution in [0.25, 0.3) is 0 Å². The van der Waals surface area contributed by atoms with E-state index in [0.29, 0.717) is 17.6 Å². The summed E-state index contributed by atoms with van der Waals surface area (Å²) in [5.41, 5.74) is 6.53. The Kier molecular flexibility index (Phi) is 4.83. The average molecular weight is 293 g/mol. The zero-order valence-corrected chi connectivity index (χ0v) is 12.8. The Morgan fingerprint density at radius 2 is 2.14 bits per heavy atom. The largest absolute Gasteiger partial charge is 0.399 e. The zero-order chi connectivity index (χ0) is 15.5. The van der Waals surface area contributed by atoms with Crippen LogP contribution in [0.1, 0.15) is 33.1 Å². The van der Waals surface area contributed by atoms with Crippen LogP contribution < -0.4 is 11.1 Å². The molecule has 1 saturated heterocycles. The van der Waals surface area contributed by atoms with Crippen LogP contribution in [-0.2, 0) is 4.79 Å². The molecule has 1 aliphatic rings. The number of nitrogen functional groups attached to an aromatic ring is 1. The van der Waals surface area contributed by atoms with E-state index in [9.17, 15) is 9.18 Å². The third-order valence-electron chi connectivity index (χ3n) is 4.06. The monoisotopic (exact) mass is 293 g/mol. The molecule has 0 unspecified atom stereocenters.